The Morgan fingerprint density at radius 2 is 1.83 bits per heavy atom. The van der Waals surface area contributed by atoms with Crippen LogP contribution in [0.3, 0.4) is 0 Å². The van der Waals surface area contributed by atoms with Gasteiger partial charge in [-0.05, 0) is 49.9 Å². The molecule has 9 nitrogen and oxygen atoms in total. The van der Waals surface area contributed by atoms with Crippen LogP contribution in [0.1, 0.15) is 62.7 Å². The van der Waals surface area contributed by atoms with E-state index in [1.54, 1.807) is 29.2 Å². The van der Waals surface area contributed by atoms with Crippen LogP contribution in [0.4, 0.5) is 11.5 Å². The molecule has 1 aliphatic rings. The van der Waals surface area contributed by atoms with Crippen LogP contribution in [0, 0.1) is 5.92 Å². The minimum Gasteiger partial charge on any atom is -0.383 e. The topological polar surface area (TPSA) is 121 Å². The Morgan fingerprint density at radius 3 is 2.49 bits per heavy atom. The van der Waals surface area contributed by atoms with Crippen molar-refractivity contribution in [2.24, 2.45) is 5.92 Å². The maximum Gasteiger partial charge on any atom is 0.330 e. The number of halogens is 1. The van der Waals surface area contributed by atoms with Gasteiger partial charge in [0.25, 0.3) is 11.5 Å². The summed E-state index contributed by atoms with van der Waals surface area (Å²) in [5.41, 5.74) is 5.58. The third-order valence-electron chi connectivity index (χ3n) is 6.37. The first kappa shape index (κ1) is 26.5. The first-order valence-corrected chi connectivity index (χ1v) is 12.6. The molecule has 3 rings (SSSR count). The molecule has 0 spiro atoms. The largest absolute Gasteiger partial charge is 0.383 e. The predicted molar refractivity (Wildman–Crippen MR) is 138 cm³/mol. The van der Waals surface area contributed by atoms with Gasteiger partial charge in [-0.25, -0.2) is 4.79 Å². The van der Waals surface area contributed by atoms with Gasteiger partial charge in [-0.1, -0.05) is 38.3 Å². The van der Waals surface area contributed by atoms with Crippen LogP contribution >= 0.6 is 11.6 Å². The van der Waals surface area contributed by atoms with E-state index in [2.05, 4.69) is 4.98 Å². The van der Waals surface area contributed by atoms with Gasteiger partial charge in [-0.15, -0.1) is 0 Å². The summed E-state index contributed by atoms with van der Waals surface area (Å²) in [5, 5.41) is 0.544. The maximum atomic E-state index is 13.7. The lowest BCUT2D eigenvalue weighted by Gasteiger charge is -2.35. The van der Waals surface area contributed by atoms with E-state index in [-0.39, 0.29) is 29.9 Å². The number of nitrogens with zero attached hydrogens (tertiary/aromatic N) is 3. The lowest BCUT2D eigenvalue weighted by Crippen LogP contribution is -2.49. The van der Waals surface area contributed by atoms with Gasteiger partial charge in [0.1, 0.15) is 5.82 Å². The van der Waals surface area contributed by atoms with Crippen LogP contribution in [-0.2, 0) is 11.3 Å². The number of aromatic nitrogens is 2. The van der Waals surface area contributed by atoms with Crippen molar-refractivity contribution in [1.29, 1.82) is 0 Å². The highest BCUT2D eigenvalue weighted by Crippen LogP contribution is 2.26. The van der Waals surface area contributed by atoms with Crippen molar-refractivity contribution in [3.05, 3.63) is 55.7 Å². The number of carbonyl (C=O) groups excluding carboxylic acids is 2. The lowest BCUT2D eigenvalue weighted by molar-refractivity contribution is -0.123. The lowest BCUT2D eigenvalue weighted by atomic mass is 9.95. The fraction of sp³-hybridized carbons (Fsp3) is 0.520. The zero-order chi connectivity index (χ0) is 25.5. The standard InChI is InChI=1S/C25H34ClN5O4/c1-3-5-14-30(20-21(27)31(15-6-4-2)25(35)28-22(20)32)24(34)18-8-7-13-29(16-18)23(33)17-9-11-19(26)12-10-17/h9-12,18H,3-8,13-16,27H2,1-2H3,(H,28,32,35). The minimum atomic E-state index is -0.672. The van der Waals surface area contributed by atoms with Gasteiger partial charge in [0, 0.05) is 36.8 Å². The number of rotatable bonds is 9. The second kappa shape index (κ2) is 12.1. The summed E-state index contributed by atoms with van der Waals surface area (Å²) in [5.74, 6) is -0.900. The molecule has 2 heterocycles. The number of carbonyl (C=O) groups is 2. The number of amides is 2. The third kappa shape index (κ3) is 6.14. The average molecular weight is 504 g/mol. The maximum absolute atomic E-state index is 13.7. The van der Waals surface area contributed by atoms with Crippen molar-refractivity contribution in [3.63, 3.8) is 0 Å². The molecule has 0 radical (unpaired) electrons. The number of likely N-dealkylation sites (tertiary alicyclic amines) is 1. The highest BCUT2D eigenvalue weighted by Gasteiger charge is 2.34. The smallest absolute Gasteiger partial charge is 0.330 e. The van der Waals surface area contributed by atoms with Crippen LogP contribution in [0.15, 0.2) is 33.9 Å². The summed E-state index contributed by atoms with van der Waals surface area (Å²) in [6.07, 6.45) is 4.29. The van der Waals surface area contributed by atoms with Crippen LogP contribution in [0.2, 0.25) is 5.02 Å². The number of H-pyrrole nitrogens is 1. The van der Waals surface area contributed by atoms with Gasteiger partial charge in [0.05, 0.1) is 5.92 Å². The Kier molecular flexibility index (Phi) is 9.14. The van der Waals surface area contributed by atoms with Gasteiger partial charge in [0.15, 0.2) is 5.69 Å². The summed E-state index contributed by atoms with van der Waals surface area (Å²) >= 11 is 5.94. The van der Waals surface area contributed by atoms with Gasteiger partial charge in [0.2, 0.25) is 5.91 Å². The van der Waals surface area contributed by atoms with E-state index in [0.29, 0.717) is 55.9 Å². The fourth-order valence-corrected chi connectivity index (χ4v) is 4.51. The monoisotopic (exact) mass is 503 g/mol. The van der Waals surface area contributed by atoms with E-state index < -0.39 is 17.2 Å². The van der Waals surface area contributed by atoms with Crippen molar-refractivity contribution < 1.29 is 9.59 Å². The number of piperidine rings is 1. The molecule has 3 N–H and O–H groups in total. The van der Waals surface area contributed by atoms with Crippen LogP contribution in [-0.4, -0.2) is 45.9 Å². The number of anilines is 2. The average Bonchev–Trinajstić information content (AvgIpc) is 2.85. The van der Waals surface area contributed by atoms with Crippen LogP contribution in [0.25, 0.3) is 0 Å². The Morgan fingerprint density at radius 1 is 1.14 bits per heavy atom. The van der Waals surface area contributed by atoms with Crippen LogP contribution < -0.4 is 21.9 Å². The van der Waals surface area contributed by atoms with Crippen LogP contribution in [0.5, 0.6) is 0 Å². The molecule has 2 amide bonds. The van der Waals surface area contributed by atoms with E-state index in [1.165, 1.54) is 9.47 Å². The van der Waals surface area contributed by atoms with Gasteiger partial charge in [-0.2, -0.15) is 0 Å². The molecule has 1 aromatic carbocycles. The summed E-state index contributed by atoms with van der Waals surface area (Å²) in [6, 6.07) is 6.67. The quantitative estimate of drug-likeness (QED) is 0.544. The van der Waals surface area contributed by atoms with Crippen molar-refractivity contribution in [1.82, 2.24) is 14.5 Å². The molecule has 0 bridgehead atoms. The second-order valence-electron chi connectivity index (χ2n) is 8.94. The third-order valence-corrected chi connectivity index (χ3v) is 6.62. The first-order chi connectivity index (χ1) is 16.8. The Hall–Kier alpha value is -3.07. The SMILES string of the molecule is CCCCN(C(=O)C1CCCN(C(=O)c2ccc(Cl)cc2)C1)c1c(N)n(CCCC)c(=O)[nH]c1=O. The Bertz CT molecular complexity index is 1160. The number of hydrogen-bond acceptors (Lipinski definition) is 5. The molecule has 10 heteroatoms. The van der Waals surface area contributed by atoms with Crippen molar-refractivity contribution in [2.45, 2.75) is 58.9 Å². The molecule has 1 atom stereocenters. The number of hydrogen-bond donors (Lipinski definition) is 2. The molecule has 190 valence electrons. The Labute approximate surface area is 209 Å². The summed E-state index contributed by atoms with van der Waals surface area (Å²) < 4.78 is 1.32. The molecule has 1 fully saturated rings. The van der Waals surface area contributed by atoms with Gasteiger partial charge < -0.3 is 15.5 Å². The van der Waals surface area contributed by atoms with E-state index >= 15 is 0 Å². The zero-order valence-electron chi connectivity index (χ0n) is 20.4. The second-order valence-corrected chi connectivity index (χ2v) is 9.38. The molecule has 35 heavy (non-hydrogen) atoms. The number of nitrogens with one attached hydrogen (secondary N) is 1. The van der Waals surface area contributed by atoms with E-state index in [0.717, 1.165) is 12.8 Å². The summed E-state index contributed by atoms with van der Waals surface area (Å²) in [6.45, 7) is 5.43. The number of nitrogen functional groups attached to an aromatic ring is 1. The van der Waals surface area contributed by atoms with Crippen molar-refractivity contribution >= 4 is 34.9 Å². The highest BCUT2D eigenvalue weighted by atomic mass is 35.5. The van der Waals surface area contributed by atoms with Crippen molar-refractivity contribution in [3.8, 4) is 0 Å². The molecule has 2 aromatic rings. The predicted octanol–water partition coefficient (Wildman–Crippen LogP) is 3.26. The molecule has 1 aliphatic heterocycles. The first-order valence-electron chi connectivity index (χ1n) is 12.3. The summed E-state index contributed by atoms with van der Waals surface area (Å²) in [7, 11) is 0. The van der Waals surface area contributed by atoms with Gasteiger partial charge >= 0.3 is 5.69 Å². The highest BCUT2D eigenvalue weighted by molar-refractivity contribution is 6.30. The molecular formula is C25H34ClN5O4. The van der Waals surface area contributed by atoms with E-state index in [1.807, 2.05) is 13.8 Å². The number of benzene rings is 1. The molecular weight excluding hydrogens is 470 g/mol. The molecule has 1 unspecified atom stereocenters. The zero-order valence-corrected chi connectivity index (χ0v) is 21.1. The molecule has 0 saturated carbocycles. The van der Waals surface area contributed by atoms with E-state index in [9.17, 15) is 19.2 Å². The molecule has 1 aromatic heterocycles. The number of aromatic amines is 1. The molecule has 0 aliphatic carbocycles. The number of unbranched alkanes of at least 4 members (excludes halogenated alkanes) is 2. The normalized spacial score (nSPS) is 15.7. The van der Waals surface area contributed by atoms with Crippen molar-refractivity contribution in [2.75, 3.05) is 30.3 Å². The minimum absolute atomic E-state index is 0.00144. The molecule has 1 saturated heterocycles. The fourth-order valence-electron chi connectivity index (χ4n) is 4.38. The number of nitrogens with two attached hydrogens (primary N) is 1. The van der Waals surface area contributed by atoms with Gasteiger partial charge in [-0.3, -0.25) is 23.9 Å². The summed E-state index contributed by atoms with van der Waals surface area (Å²) in [4.78, 5) is 57.4. The van der Waals surface area contributed by atoms with E-state index in [4.69, 9.17) is 17.3 Å². The Balaban J connectivity index is 1.90.